The number of halogens is 1. The van der Waals surface area contributed by atoms with Crippen LogP contribution in [0.15, 0.2) is 47.8 Å². The van der Waals surface area contributed by atoms with Crippen LogP contribution in [0.5, 0.6) is 5.75 Å². The minimum atomic E-state index is -0.627. The van der Waals surface area contributed by atoms with Gasteiger partial charge >= 0.3 is 0 Å². The van der Waals surface area contributed by atoms with Gasteiger partial charge in [-0.3, -0.25) is 0 Å². The maximum atomic E-state index is 13.4. The molecule has 4 rings (SSSR count). The molecule has 0 aliphatic carbocycles. The molecule has 0 bridgehead atoms. The predicted octanol–water partition coefficient (Wildman–Crippen LogP) is 4.60. The molecule has 2 aromatic carbocycles. The van der Waals surface area contributed by atoms with E-state index in [0.29, 0.717) is 17.7 Å². The summed E-state index contributed by atoms with van der Waals surface area (Å²) in [6.45, 7) is 0. The summed E-state index contributed by atoms with van der Waals surface area (Å²) in [5, 5.41) is 13.5. The summed E-state index contributed by atoms with van der Waals surface area (Å²) >= 11 is 1.66. The van der Waals surface area contributed by atoms with Gasteiger partial charge in [0.15, 0.2) is 0 Å². The van der Waals surface area contributed by atoms with Gasteiger partial charge in [-0.25, -0.2) is 4.39 Å². The quantitative estimate of drug-likeness (QED) is 0.712. The number of fused-ring (bicyclic) bond motifs is 2. The lowest BCUT2D eigenvalue weighted by molar-refractivity contribution is 0.0662. The van der Waals surface area contributed by atoms with Crippen LogP contribution in [0.2, 0.25) is 0 Å². The second-order valence-corrected chi connectivity index (χ2v) is 6.14. The molecule has 0 saturated carbocycles. The second-order valence-electron chi connectivity index (χ2n) is 5.23. The van der Waals surface area contributed by atoms with Gasteiger partial charge in [0.1, 0.15) is 17.7 Å². The fourth-order valence-electron chi connectivity index (χ4n) is 2.85. The van der Waals surface area contributed by atoms with Gasteiger partial charge in [-0.1, -0.05) is 18.2 Å². The fraction of sp³-hybridized carbons (Fsp3) is 0.176. The Hall–Kier alpha value is -1.91. The standard InChI is InChI=1S/C17H13FO2S/c18-10-5-6-12-14(19)8-16(20-15(12)7-10)13-9-21-17-4-2-1-3-11(13)17/h1-7,9,14,16,19H,8H2/t14-,16?/m0/s1. The van der Waals surface area contributed by atoms with Gasteiger partial charge in [0.05, 0.1) is 6.10 Å². The molecule has 1 aliphatic heterocycles. The lowest BCUT2D eigenvalue weighted by atomic mass is 9.95. The molecular formula is C17H13FO2S. The number of rotatable bonds is 1. The third-order valence-electron chi connectivity index (χ3n) is 3.90. The van der Waals surface area contributed by atoms with Crippen molar-refractivity contribution in [1.29, 1.82) is 0 Å². The average molecular weight is 300 g/mol. The van der Waals surface area contributed by atoms with Crippen LogP contribution in [0.4, 0.5) is 4.39 Å². The zero-order valence-corrected chi connectivity index (χ0v) is 11.9. The summed E-state index contributed by atoms with van der Waals surface area (Å²) in [5.74, 6) is 0.0887. The molecule has 2 atom stereocenters. The molecule has 1 aliphatic rings. The molecule has 1 N–H and O–H groups in total. The first-order valence-electron chi connectivity index (χ1n) is 6.82. The molecule has 0 saturated heterocycles. The van der Waals surface area contributed by atoms with E-state index in [9.17, 15) is 9.50 Å². The van der Waals surface area contributed by atoms with Crippen molar-refractivity contribution >= 4 is 21.4 Å². The van der Waals surface area contributed by atoms with Crippen molar-refractivity contribution in [3.8, 4) is 5.75 Å². The summed E-state index contributed by atoms with van der Waals surface area (Å²) < 4.78 is 20.5. The van der Waals surface area contributed by atoms with Crippen LogP contribution in [0, 0.1) is 5.82 Å². The lowest BCUT2D eigenvalue weighted by Gasteiger charge is -2.29. The minimum Gasteiger partial charge on any atom is -0.485 e. The monoisotopic (exact) mass is 300 g/mol. The number of hydrogen-bond acceptors (Lipinski definition) is 3. The van der Waals surface area contributed by atoms with Crippen LogP contribution in [0.1, 0.15) is 29.8 Å². The third-order valence-corrected chi connectivity index (χ3v) is 4.88. The topological polar surface area (TPSA) is 29.5 Å². The minimum absolute atomic E-state index is 0.245. The number of thiophene rings is 1. The number of benzene rings is 2. The largest absolute Gasteiger partial charge is 0.485 e. The smallest absolute Gasteiger partial charge is 0.128 e. The van der Waals surface area contributed by atoms with Crippen molar-refractivity contribution in [1.82, 2.24) is 0 Å². The van der Waals surface area contributed by atoms with E-state index in [1.165, 1.54) is 16.8 Å². The number of aliphatic hydroxyl groups is 1. The Morgan fingerprint density at radius 2 is 2.00 bits per heavy atom. The van der Waals surface area contributed by atoms with Gasteiger partial charge in [0.2, 0.25) is 0 Å². The molecule has 21 heavy (non-hydrogen) atoms. The summed E-state index contributed by atoms with van der Waals surface area (Å²) in [7, 11) is 0. The predicted molar refractivity (Wildman–Crippen MR) is 81.2 cm³/mol. The van der Waals surface area contributed by atoms with Crippen molar-refractivity contribution < 1.29 is 14.2 Å². The van der Waals surface area contributed by atoms with Gasteiger partial charge in [-0.2, -0.15) is 0 Å². The maximum Gasteiger partial charge on any atom is 0.128 e. The highest BCUT2D eigenvalue weighted by atomic mass is 32.1. The van der Waals surface area contributed by atoms with Crippen LogP contribution in [0.3, 0.4) is 0 Å². The van der Waals surface area contributed by atoms with Crippen molar-refractivity contribution in [2.45, 2.75) is 18.6 Å². The number of ether oxygens (including phenoxy) is 1. The van der Waals surface area contributed by atoms with E-state index in [4.69, 9.17) is 4.74 Å². The fourth-order valence-corrected chi connectivity index (χ4v) is 3.86. The van der Waals surface area contributed by atoms with Crippen molar-refractivity contribution in [2.24, 2.45) is 0 Å². The molecule has 3 aromatic rings. The highest BCUT2D eigenvalue weighted by Crippen LogP contribution is 2.43. The lowest BCUT2D eigenvalue weighted by Crippen LogP contribution is -2.18. The summed E-state index contributed by atoms with van der Waals surface area (Å²) in [4.78, 5) is 0. The number of hydrogen-bond donors (Lipinski definition) is 1. The molecule has 2 nitrogen and oxygen atoms in total. The van der Waals surface area contributed by atoms with E-state index >= 15 is 0 Å². The average Bonchev–Trinajstić information content (AvgIpc) is 2.90. The molecule has 4 heteroatoms. The van der Waals surface area contributed by atoms with Gasteiger partial charge in [-0.05, 0) is 29.0 Å². The van der Waals surface area contributed by atoms with E-state index < -0.39 is 6.10 Å². The molecule has 1 unspecified atom stereocenters. The Bertz CT molecular complexity index is 811. The van der Waals surface area contributed by atoms with Crippen LogP contribution in [-0.4, -0.2) is 5.11 Å². The van der Waals surface area contributed by atoms with E-state index in [2.05, 4.69) is 17.5 Å². The van der Waals surface area contributed by atoms with Crippen LogP contribution in [0.25, 0.3) is 10.1 Å². The van der Waals surface area contributed by atoms with Crippen LogP contribution in [-0.2, 0) is 0 Å². The maximum absolute atomic E-state index is 13.4. The van der Waals surface area contributed by atoms with Gasteiger partial charge in [0.25, 0.3) is 0 Å². The summed E-state index contributed by atoms with van der Waals surface area (Å²) in [6, 6.07) is 12.4. The zero-order valence-electron chi connectivity index (χ0n) is 11.1. The van der Waals surface area contributed by atoms with Gasteiger partial charge in [0, 0.05) is 28.3 Å². The molecule has 106 valence electrons. The van der Waals surface area contributed by atoms with Crippen molar-refractivity contribution in [3.63, 3.8) is 0 Å². The first-order valence-corrected chi connectivity index (χ1v) is 7.70. The molecular weight excluding hydrogens is 287 g/mol. The molecule has 2 heterocycles. The highest BCUT2D eigenvalue weighted by Gasteiger charge is 2.29. The van der Waals surface area contributed by atoms with Gasteiger partial charge in [-0.15, -0.1) is 11.3 Å². The first-order chi connectivity index (χ1) is 10.2. The molecule has 0 amide bonds. The Morgan fingerprint density at radius 1 is 1.14 bits per heavy atom. The third kappa shape index (κ3) is 2.11. The van der Waals surface area contributed by atoms with E-state index in [1.54, 1.807) is 17.4 Å². The van der Waals surface area contributed by atoms with Crippen molar-refractivity contribution in [3.05, 3.63) is 64.8 Å². The molecule has 0 spiro atoms. The molecule has 1 aromatic heterocycles. The molecule has 0 fully saturated rings. The SMILES string of the molecule is O[C@H]1CC(c2csc3ccccc23)Oc2cc(F)ccc21. The Kier molecular flexibility index (Phi) is 2.94. The Balaban J connectivity index is 1.78. The normalized spacial score (nSPS) is 21.0. The Morgan fingerprint density at radius 3 is 2.90 bits per heavy atom. The summed E-state index contributed by atoms with van der Waals surface area (Å²) in [6.07, 6.45) is -0.386. The van der Waals surface area contributed by atoms with E-state index in [1.807, 2.05) is 12.1 Å². The van der Waals surface area contributed by atoms with Gasteiger partial charge < -0.3 is 9.84 Å². The summed E-state index contributed by atoms with van der Waals surface area (Å²) in [5.41, 5.74) is 1.72. The van der Waals surface area contributed by atoms with Crippen LogP contribution >= 0.6 is 11.3 Å². The van der Waals surface area contributed by atoms with E-state index in [0.717, 1.165) is 10.9 Å². The van der Waals surface area contributed by atoms with Crippen molar-refractivity contribution in [2.75, 3.05) is 0 Å². The zero-order chi connectivity index (χ0) is 14.4. The van der Waals surface area contributed by atoms with E-state index in [-0.39, 0.29) is 11.9 Å². The second kappa shape index (κ2) is 4.83. The Labute approximate surface area is 125 Å². The highest BCUT2D eigenvalue weighted by molar-refractivity contribution is 7.17. The first kappa shape index (κ1) is 12.8. The molecule has 0 radical (unpaired) electrons. The van der Waals surface area contributed by atoms with Crippen LogP contribution < -0.4 is 4.74 Å². The number of aliphatic hydroxyl groups excluding tert-OH is 1.